The number of nitrogens with one attached hydrogen (secondary N) is 1. The molecule has 0 aromatic carbocycles. The van der Waals surface area contributed by atoms with Crippen molar-refractivity contribution in [2.75, 3.05) is 0 Å². The van der Waals surface area contributed by atoms with Crippen LogP contribution in [0.4, 0.5) is 0 Å². The minimum Gasteiger partial charge on any atom is -0.477 e. The van der Waals surface area contributed by atoms with Crippen molar-refractivity contribution in [1.29, 1.82) is 0 Å². The van der Waals surface area contributed by atoms with Gasteiger partial charge in [0, 0.05) is 18.0 Å². The van der Waals surface area contributed by atoms with E-state index in [-0.39, 0.29) is 16.9 Å². The minimum atomic E-state index is -1.15. The molecule has 1 aliphatic carbocycles. The lowest BCUT2D eigenvalue weighted by Crippen LogP contribution is -2.22. The molecular weight excluding hydrogens is 206 g/mol. The van der Waals surface area contributed by atoms with E-state index in [9.17, 15) is 9.59 Å². The summed E-state index contributed by atoms with van der Waals surface area (Å²) in [7, 11) is 0. The zero-order valence-electron chi connectivity index (χ0n) is 9.03. The summed E-state index contributed by atoms with van der Waals surface area (Å²) in [6, 6.07) is 0. The molecule has 2 N–H and O–H groups in total. The molecule has 2 rings (SSSR count). The lowest BCUT2D eigenvalue weighted by Gasteiger charge is -2.21. The first-order valence-electron chi connectivity index (χ1n) is 5.64. The normalized spacial score (nSPS) is 17.2. The molecule has 0 atom stereocenters. The lowest BCUT2D eigenvalue weighted by atomic mass is 9.84. The minimum absolute atomic E-state index is 0.150. The van der Waals surface area contributed by atoms with Crippen molar-refractivity contribution in [3.8, 4) is 0 Å². The number of carboxylic acid groups (broad SMARTS) is 1. The lowest BCUT2D eigenvalue weighted by molar-refractivity contribution is 0.0695. The van der Waals surface area contributed by atoms with Crippen LogP contribution in [0.25, 0.3) is 0 Å². The Labute approximate surface area is 93.3 Å². The van der Waals surface area contributed by atoms with Crippen LogP contribution in [0.15, 0.2) is 17.2 Å². The van der Waals surface area contributed by atoms with Gasteiger partial charge in [0.15, 0.2) is 5.43 Å². The maximum absolute atomic E-state index is 11.9. The Hall–Kier alpha value is -1.58. The number of aromatic carboxylic acids is 1. The number of H-pyrrole nitrogens is 1. The molecule has 0 amide bonds. The second kappa shape index (κ2) is 4.51. The second-order valence-corrected chi connectivity index (χ2v) is 4.29. The predicted octanol–water partition coefficient (Wildman–Crippen LogP) is 2.12. The van der Waals surface area contributed by atoms with E-state index in [1.54, 1.807) is 6.20 Å². The zero-order valence-corrected chi connectivity index (χ0v) is 9.03. The van der Waals surface area contributed by atoms with Gasteiger partial charge in [-0.3, -0.25) is 4.79 Å². The highest BCUT2D eigenvalue weighted by Gasteiger charge is 2.21. The van der Waals surface area contributed by atoms with Crippen molar-refractivity contribution >= 4 is 5.97 Å². The van der Waals surface area contributed by atoms with Crippen LogP contribution in [-0.4, -0.2) is 16.1 Å². The first-order valence-corrected chi connectivity index (χ1v) is 5.64. The van der Waals surface area contributed by atoms with Crippen molar-refractivity contribution in [2.24, 2.45) is 0 Å². The van der Waals surface area contributed by atoms with E-state index in [0.717, 1.165) is 25.7 Å². The third-order valence-corrected chi connectivity index (χ3v) is 3.25. The average Bonchev–Trinajstić information content (AvgIpc) is 2.30. The molecule has 16 heavy (non-hydrogen) atoms. The Morgan fingerprint density at radius 1 is 1.25 bits per heavy atom. The molecule has 1 aromatic heterocycles. The topological polar surface area (TPSA) is 70.2 Å². The highest BCUT2D eigenvalue weighted by molar-refractivity contribution is 5.87. The number of hydrogen-bond donors (Lipinski definition) is 2. The summed E-state index contributed by atoms with van der Waals surface area (Å²) in [5.41, 5.74) is 0.167. The smallest absolute Gasteiger partial charge is 0.341 e. The summed E-state index contributed by atoms with van der Waals surface area (Å²) in [5.74, 6) is -0.921. The fraction of sp³-hybridized carbons (Fsp3) is 0.500. The van der Waals surface area contributed by atoms with Gasteiger partial charge < -0.3 is 10.1 Å². The van der Waals surface area contributed by atoms with Crippen LogP contribution in [0.5, 0.6) is 0 Å². The highest BCUT2D eigenvalue weighted by atomic mass is 16.4. The molecule has 86 valence electrons. The van der Waals surface area contributed by atoms with Crippen LogP contribution in [0, 0.1) is 0 Å². The molecule has 0 radical (unpaired) electrons. The second-order valence-electron chi connectivity index (χ2n) is 4.29. The SMILES string of the molecule is O=C(O)c1c[nH]cc(C2CCCCC2)c1=O. The van der Waals surface area contributed by atoms with Crippen LogP contribution < -0.4 is 5.43 Å². The predicted molar refractivity (Wildman–Crippen MR) is 59.8 cm³/mol. The molecule has 1 saturated carbocycles. The Kier molecular flexibility index (Phi) is 3.08. The summed E-state index contributed by atoms with van der Waals surface area (Å²) >= 11 is 0. The van der Waals surface area contributed by atoms with Crippen molar-refractivity contribution in [3.63, 3.8) is 0 Å². The molecule has 1 heterocycles. The van der Waals surface area contributed by atoms with Gasteiger partial charge in [-0.2, -0.15) is 0 Å². The third-order valence-electron chi connectivity index (χ3n) is 3.25. The van der Waals surface area contributed by atoms with Gasteiger partial charge in [-0.1, -0.05) is 19.3 Å². The highest BCUT2D eigenvalue weighted by Crippen LogP contribution is 2.30. The first-order chi connectivity index (χ1) is 7.70. The number of carboxylic acids is 1. The standard InChI is InChI=1S/C12H15NO3/c14-11-9(8-4-2-1-3-5-8)6-13-7-10(11)12(15)16/h6-8H,1-5H2,(H,13,14)(H,15,16). The van der Waals surface area contributed by atoms with E-state index >= 15 is 0 Å². The number of rotatable bonds is 2. The summed E-state index contributed by atoms with van der Waals surface area (Å²) in [6.07, 6.45) is 8.37. The van der Waals surface area contributed by atoms with Crippen LogP contribution in [-0.2, 0) is 0 Å². The van der Waals surface area contributed by atoms with Gasteiger partial charge in [0.2, 0.25) is 0 Å². The monoisotopic (exact) mass is 221 g/mol. The van der Waals surface area contributed by atoms with Crippen LogP contribution in [0.2, 0.25) is 0 Å². The van der Waals surface area contributed by atoms with Crippen molar-refractivity contribution in [3.05, 3.63) is 33.7 Å². The number of aromatic amines is 1. The first kappa shape index (κ1) is 10.9. The Balaban J connectivity index is 2.37. The molecule has 4 nitrogen and oxygen atoms in total. The molecule has 0 bridgehead atoms. The maximum Gasteiger partial charge on any atom is 0.341 e. The van der Waals surface area contributed by atoms with Crippen LogP contribution in [0.1, 0.15) is 53.9 Å². The largest absolute Gasteiger partial charge is 0.477 e. The molecule has 0 aliphatic heterocycles. The third kappa shape index (κ3) is 2.01. The van der Waals surface area contributed by atoms with Crippen LogP contribution >= 0.6 is 0 Å². The van der Waals surface area contributed by atoms with E-state index in [2.05, 4.69) is 4.98 Å². The quantitative estimate of drug-likeness (QED) is 0.803. The van der Waals surface area contributed by atoms with Gasteiger partial charge in [0.25, 0.3) is 0 Å². The number of aromatic nitrogens is 1. The van der Waals surface area contributed by atoms with E-state index in [1.165, 1.54) is 12.6 Å². The zero-order chi connectivity index (χ0) is 11.5. The van der Waals surface area contributed by atoms with Gasteiger partial charge in [-0.25, -0.2) is 4.79 Å². The molecule has 1 fully saturated rings. The van der Waals surface area contributed by atoms with Crippen molar-refractivity contribution in [1.82, 2.24) is 4.98 Å². The number of carbonyl (C=O) groups is 1. The number of hydrogen-bond acceptors (Lipinski definition) is 2. The van der Waals surface area contributed by atoms with Gasteiger partial charge in [-0.15, -0.1) is 0 Å². The molecule has 0 unspecified atom stereocenters. The van der Waals surface area contributed by atoms with E-state index in [4.69, 9.17) is 5.11 Å². The van der Waals surface area contributed by atoms with E-state index < -0.39 is 5.97 Å². The van der Waals surface area contributed by atoms with Gasteiger partial charge in [0.05, 0.1) is 0 Å². The van der Waals surface area contributed by atoms with Crippen LogP contribution in [0.3, 0.4) is 0 Å². The Morgan fingerprint density at radius 2 is 1.94 bits per heavy atom. The fourth-order valence-corrected chi connectivity index (χ4v) is 2.38. The molecule has 1 aromatic rings. The van der Waals surface area contributed by atoms with Crippen molar-refractivity contribution < 1.29 is 9.90 Å². The molecule has 0 spiro atoms. The fourth-order valence-electron chi connectivity index (χ4n) is 2.38. The molecule has 1 aliphatic rings. The van der Waals surface area contributed by atoms with Crippen molar-refractivity contribution in [2.45, 2.75) is 38.0 Å². The summed E-state index contributed by atoms with van der Waals surface area (Å²) < 4.78 is 0. The molecular formula is C12H15NO3. The number of pyridine rings is 1. The average molecular weight is 221 g/mol. The van der Waals surface area contributed by atoms with Gasteiger partial charge in [-0.05, 0) is 18.8 Å². The Morgan fingerprint density at radius 3 is 2.56 bits per heavy atom. The molecule has 0 saturated heterocycles. The maximum atomic E-state index is 11.9. The van der Waals surface area contributed by atoms with Gasteiger partial charge >= 0.3 is 5.97 Å². The summed E-state index contributed by atoms with van der Waals surface area (Å²) in [5, 5.41) is 8.87. The Bertz CT molecular complexity index is 444. The summed E-state index contributed by atoms with van der Waals surface area (Å²) in [4.78, 5) is 25.5. The molecule has 4 heteroatoms. The van der Waals surface area contributed by atoms with Gasteiger partial charge in [0.1, 0.15) is 5.56 Å². The van der Waals surface area contributed by atoms with E-state index in [0.29, 0.717) is 5.56 Å². The summed E-state index contributed by atoms with van der Waals surface area (Å²) in [6.45, 7) is 0. The van der Waals surface area contributed by atoms with E-state index in [1.807, 2.05) is 0 Å².